The van der Waals surface area contributed by atoms with Gasteiger partial charge in [-0.25, -0.2) is 4.98 Å². The summed E-state index contributed by atoms with van der Waals surface area (Å²) in [6.45, 7) is 0.0496. The van der Waals surface area contributed by atoms with Gasteiger partial charge in [0.15, 0.2) is 0 Å². The normalized spacial score (nSPS) is 11.2. The van der Waals surface area contributed by atoms with Gasteiger partial charge in [0.2, 0.25) is 0 Å². The van der Waals surface area contributed by atoms with Crippen molar-refractivity contribution >= 4 is 11.6 Å². The largest absolute Gasteiger partial charge is 0.418 e. The Hall–Kier alpha value is -2.58. The predicted octanol–water partition coefficient (Wildman–Crippen LogP) is 1.80. The van der Waals surface area contributed by atoms with Crippen LogP contribution in [-0.4, -0.2) is 28.1 Å². The Morgan fingerprint density at radius 1 is 1.38 bits per heavy atom. The smallest absolute Gasteiger partial charge is 0.388 e. The van der Waals surface area contributed by atoms with Gasteiger partial charge >= 0.3 is 6.18 Å². The van der Waals surface area contributed by atoms with Crippen LogP contribution >= 0.6 is 0 Å². The number of hydrogen-bond donors (Lipinski definition) is 3. The highest BCUT2D eigenvalue weighted by molar-refractivity contribution is 5.94. The minimum atomic E-state index is -4.54. The molecular formula is C12H12F3N5O. The summed E-state index contributed by atoms with van der Waals surface area (Å²) < 4.78 is 38.7. The molecule has 1 amide bonds. The molecule has 112 valence electrons. The molecule has 0 unspecified atom stereocenters. The number of nitrogens with zero attached hydrogens (tertiary/aromatic N) is 2. The number of H-pyrrole nitrogens is 1. The van der Waals surface area contributed by atoms with Crippen LogP contribution < -0.4 is 10.6 Å². The molecule has 2 rings (SSSR count). The van der Waals surface area contributed by atoms with E-state index >= 15 is 0 Å². The summed E-state index contributed by atoms with van der Waals surface area (Å²) in [5.74, 6) is -0.217. The Morgan fingerprint density at radius 3 is 2.71 bits per heavy atom. The van der Waals surface area contributed by atoms with E-state index in [2.05, 4.69) is 25.8 Å². The molecule has 0 radical (unpaired) electrons. The number of hydrogen-bond acceptors (Lipinski definition) is 4. The van der Waals surface area contributed by atoms with Crippen LogP contribution in [0.4, 0.5) is 18.9 Å². The fraction of sp³-hybridized carbons (Fsp3) is 0.250. The molecule has 9 heteroatoms. The van der Waals surface area contributed by atoms with Crippen LogP contribution in [0.3, 0.4) is 0 Å². The highest BCUT2D eigenvalue weighted by atomic mass is 19.4. The van der Waals surface area contributed by atoms with Crippen LogP contribution in [0.15, 0.2) is 24.5 Å². The number of aromatic nitrogens is 3. The molecule has 0 aliphatic heterocycles. The van der Waals surface area contributed by atoms with Crippen LogP contribution in [0, 0.1) is 0 Å². The van der Waals surface area contributed by atoms with Gasteiger partial charge in [0.1, 0.15) is 12.2 Å². The molecule has 0 atom stereocenters. The molecular weight excluding hydrogens is 287 g/mol. The Kier molecular flexibility index (Phi) is 4.10. The molecule has 0 saturated heterocycles. The molecule has 3 N–H and O–H groups in total. The molecule has 1 heterocycles. The maximum Gasteiger partial charge on any atom is 0.418 e. The average molecular weight is 299 g/mol. The number of carbonyl (C=O) groups excluding carboxylic acids is 1. The van der Waals surface area contributed by atoms with E-state index in [9.17, 15) is 18.0 Å². The van der Waals surface area contributed by atoms with E-state index in [-0.39, 0.29) is 17.8 Å². The SMILES string of the molecule is CNc1ccc(C(=O)NCc2ncn[nH]2)cc1C(F)(F)F. The van der Waals surface area contributed by atoms with E-state index in [0.717, 1.165) is 6.07 Å². The van der Waals surface area contributed by atoms with Crippen LogP contribution in [0.25, 0.3) is 0 Å². The summed E-state index contributed by atoms with van der Waals surface area (Å²) >= 11 is 0. The van der Waals surface area contributed by atoms with Crippen LogP contribution in [-0.2, 0) is 12.7 Å². The summed E-state index contributed by atoms with van der Waals surface area (Å²) in [6.07, 6.45) is -3.27. The zero-order valence-corrected chi connectivity index (χ0v) is 11.0. The molecule has 6 nitrogen and oxygen atoms in total. The van der Waals surface area contributed by atoms with E-state index in [1.54, 1.807) is 0 Å². The minimum Gasteiger partial charge on any atom is -0.388 e. The second-order valence-corrected chi connectivity index (χ2v) is 4.12. The van der Waals surface area contributed by atoms with Gasteiger partial charge in [-0.3, -0.25) is 9.89 Å². The van der Waals surface area contributed by atoms with Gasteiger partial charge in [0.25, 0.3) is 5.91 Å². The van der Waals surface area contributed by atoms with Gasteiger partial charge in [0, 0.05) is 18.3 Å². The summed E-state index contributed by atoms with van der Waals surface area (Å²) in [5, 5.41) is 11.0. The molecule has 0 bridgehead atoms. The van der Waals surface area contributed by atoms with Crippen molar-refractivity contribution in [3.8, 4) is 0 Å². The predicted molar refractivity (Wildman–Crippen MR) is 68.5 cm³/mol. The third kappa shape index (κ3) is 3.50. The number of halogens is 3. The molecule has 0 spiro atoms. The molecule has 2 aromatic rings. The van der Waals surface area contributed by atoms with Crippen molar-refractivity contribution in [3.05, 3.63) is 41.5 Å². The molecule has 21 heavy (non-hydrogen) atoms. The third-order valence-electron chi connectivity index (χ3n) is 2.74. The Bertz CT molecular complexity index is 624. The molecule has 1 aromatic heterocycles. The summed E-state index contributed by atoms with van der Waals surface area (Å²) in [5.41, 5.74) is -1.06. The number of aromatic amines is 1. The molecule has 0 aliphatic rings. The third-order valence-corrected chi connectivity index (χ3v) is 2.74. The number of rotatable bonds is 4. The number of nitrogens with one attached hydrogen (secondary N) is 3. The summed E-state index contributed by atoms with van der Waals surface area (Å²) in [6, 6.07) is 3.34. The number of benzene rings is 1. The highest BCUT2D eigenvalue weighted by Gasteiger charge is 2.34. The topological polar surface area (TPSA) is 82.7 Å². The summed E-state index contributed by atoms with van der Waals surface area (Å²) in [4.78, 5) is 15.7. The van der Waals surface area contributed by atoms with E-state index in [0.29, 0.717) is 5.82 Å². The first-order chi connectivity index (χ1) is 9.91. The average Bonchev–Trinajstić information content (AvgIpc) is 2.96. The lowest BCUT2D eigenvalue weighted by atomic mass is 10.1. The first kappa shape index (κ1) is 14.8. The van der Waals surface area contributed by atoms with Gasteiger partial charge in [0.05, 0.1) is 12.1 Å². The zero-order chi connectivity index (χ0) is 15.5. The number of alkyl halides is 3. The van der Waals surface area contributed by atoms with Crippen molar-refractivity contribution in [2.24, 2.45) is 0 Å². The van der Waals surface area contributed by atoms with Crippen LogP contribution in [0.5, 0.6) is 0 Å². The standard InChI is InChI=1S/C12H12F3N5O/c1-16-9-3-2-7(4-8(9)12(13,14)15)11(21)17-5-10-18-6-19-20-10/h2-4,6,16H,5H2,1H3,(H,17,21)(H,18,19,20). The van der Waals surface area contributed by atoms with Crippen molar-refractivity contribution in [1.29, 1.82) is 0 Å². The van der Waals surface area contributed by atoms with Crippen LogP contribution in [0.2, 0.25) is 0 Å². The Labute approximate surface area is 117 Å². The second kappa shape index (κ2) is 5.81. The van der Waals surface area contributed by atoms with Crippen molar-refractivity contribution in [2.45, 2.75) is 12.7 Å². The van der Waals surface area contributed by atoms with Gasteiger partial charge in [-0.15, -0.1) is 0 Å². The number of amides is 1. The highest BCUT2D eigenvalue weighted by Crippen LogP contribution is 2.35. The molecule has 1 aromatic carbocycles. The van der Waals surface area contributed by atoms with Crippen molar-refractivity contribution in [2.75, 3.05) is 12.4 Å². The quantitative estimate of drug-likeness (QED) is 0.804. The van der Waals surface area contributed by atoms with Gasteiger partial charge in [-0.1, -0.05) is 0 Å². The van der Waals surface area contributed by atoms with Crippen molar-refractivity contribution in [1.82, 2.24) is 20.5 Å². The van der Waals surface area contributed by atoms with Gasteiger partial charge in [-0.2, -0.15) is 18.3 Å². The minimum absolute atomic E-state index is 0.0496. The fourth-order valence-electron chi connectivity index (χ4n) is 1.72. The van der Waals surface area contributed by atoms with Gasteiger partial charge in [-0.05, 0) is 18.2 Å². The second-order valence-electron chi connectivity index (χ2n) is 4.12. The van der Waals surface area contributed by atoms with Crippen molar-refractivity contribution < 1.29 is 18.0 Å². The number of anilines is 1. The lowest BCUT2D eigenvalue weighted by molar-refractivity contribution is -0.136. The lowest BCUT2D eigenvalue weighted by Gasteiger charge is -2.14. The maximum absolute atomic E-state index is 12.9. The van der Waals surface area contributed by atoms with Crippen molar-refractivity contribution in [3.63, 3.8) is 0 Å². The maximum atomic E-state index is 12.9. The van der Waals surface area contributed by atoms with Gasteiger partial charge < -0.3 is 10.6 Å². The number of carbonyl (C=O) groups is 1. The van der Waals surface area contributed by atoms with Crippen LogP contribution in [0.1, 0.15) is 21.7 Å². The van der Waals surface area contributed by atoms with E-state index < -0.39 is 17.6 Å². The van der Waals surface area contributed by atoms with E-state index in [1.165, 1.54) is 25.5 Å². The monoisotopic (exact) mass is 299 g/mol. The zero-order valence-electron chi connectivity index (χ0n) is 11.0. The lowest BCUT2D eigenvalue weighted by Crippen LogP contribution is -2.24. The fourth-order valence-corrected chi connectivity index (χ4v) is 1.72. The molecule has 0 saturated carbocycles. The first-order valence-electron chi connectivity index (χ1n) is 5.93. The Morgan fingerprint density at radius 2 is 2.14 bits per heavy atom. The van der Waals surface area contributed by atoms with E-state index in [1.807, 2.05) is 0 Å². The molecule has 0 aliphatic carbocycles. The molecule has 0 fully saturated rings. The first-order valence-corrected chi connectivity index (χ1v) is 5.93. The van der Waals surface area contributed by atoms with E-state index in [4.69, 9.17) is 0 Å². The summed E-state index contributed by atoms with van der Waals surface area (Å²) in [7, 11) is 1.38. The Balaban J connectivity index is 2.17.